The highest BCUT2D eigenvalue weighted by Gasteiger charge is 2.19. The quantitative estimate of drug-likeness (QED) is 0.0265. The van der Waals surface area contributed by atoms with Gasteiger partial charge in [-0.15, -0.1) is 0 Å². The summed E-state index contributed by atoms with van der Waals surface area (Å²) in [6.07, 6.45) is 51.2. The average molecular weight is 787 g/mol. The topological polar surface area (TPSA) is 78.9 Å². The predicted molar refractivity (Wildman–Crippen MR) is 238 cm³/mol. The molecule has 0 aromatic heterocycles. The molecule has 1 unspecified atom stereocenters. The molecular formula is C50H90O6. The summed E-state index contributed by atoms with van der Waals surface area (Å²) in [4.78, 5) is 37.8. The van der Waals surface area contributed by atoms with E-state index >= 15 is 0 Å². The van der Waals surface area contributed by atoms with Gasteiger partial charge in [-0.05, 0) is 70.6 Å². The van der Waals surface area contributed by atoms with Gasteiger partial charge in [0, 0.05) is 19.3 Å². The molecule has 0 heterocycles. The van der Waals surface area contributed by atoms with Crippen molar-refractivity contribution in [3.63, 3.8) is 0 Å². The van der Waals surface area contributed by atoms with Crippen molar-refractivity contribution in [3.8, 4) is 0 Å². The summed E-state index contributed by atoms with van der Waals surface area (Å²) in [5.41, 5.74) is 0. The van der Waals surface area contributed by atoms with Crippen molar-refractivity contribution in [3.05, 3.63) is 36.5 Å². The molecule has 0 aromatic carbocycles. The van der Waals surface area contributed by atoms with Crippen LogP contribution in [0.4, 0.5) is 0 Å². The van der Waals surface area contributed by atoms with Gasteiger partial charge in [0.15, 0.2) is 6.10 Å². The van der Waals surface area contributed by atoms with Crippen molar-refractivity contribution in [2.75, 3.05) is 13.2 Å². The molecule has 0 spiro atoms. The van der Waals surface area contributed by atoms with Crippen molar-refractivity contribution >= 4 is 17.9 Å². The molecular weight excluding hydrogens is 697 g/mol. The van der Waals surface area contributed by atoms with Gasteiger partial charge in [-0.1, -0.05) is 192 Å². The summed E-state index contributed by atoms with van der Waals surface area (Å²) in [5.74, 6) is -0.898. The number of unbranched alkanes of at least 4 members (excludes halogenated alkanes) is 26. The van der Waals surface area contributed by atoms with E-state index in [1.807, 2.05) is 0 Å². The standard InChI is InChI=1S/C50H90O6/c1-4-7-10-13-16-19-22-24-26-28-31-34-37-40-43-49(52)55-46-47(45-54-48(51)42-39-36-33-30-27-21-18-15-12-9-6-3)56-50(53)44-41-38-35-32-29-25-23-20-17-14-11-8-5-2/h11,14,20,22-24,47H,4-10,12-13,15-19,21,25-46H2,1-3H3/b14-11-,23-20-,24-22-. The number of carbonyl (C=O) groups excluding carboxylic acids is 3. The number of esters is 3. The van der Waals surface area contributed by atoms with Crippen LogP contribution < -0.4 is 0 Å². The summed E-state index contributed by atoms with van der Waals surface area (Å²) in [7, 11) is 0. The van der Waals surface area contributed by atoms with E-state index in [0.29, 0.717) is 19.3 Å². The highest BCUT2D eigenvalue weighted by atomic mass is 16.6. The molecule has 6 nitrogen and oxygen atoms in total. The first-order valence-corrected chi connectivity index (χ1v) is 24.0. The van der Waals surface area contributed by atoms with Crippen molar-refractivity contribution in [1.29, 1.82) is 0 Å². The number of ether oxygens (including phenoxy) is 3. The molecule has 0 bridgehead atoms. The molecule has 0 saturated heterocycles. The number of allylic oxidation sites excluding steroid dienone is 6. The molecule has 0 aliphatic rings. The zero-order chi connectivity index (χ0) is 40.8. The summed E-state index contributed by atoms with van der Waals surface area (Å²) in [6, 6.07) is 0. The van der Waals surface area contributed by atoms with Gasteiger partial charge in [0.2, 0.25) is 0 Å². The Kier molecular flexibility index (Phi) is 43.4. The lowest BCUT2D eigenvalue weighted by molar-refractivity contribution is -0.167. The lowest BCUT2D eigenvalue weighted by Gasteiger charge is -2.18. The Labute approximate surface area is 346 Å². The van der Waals surface area contributed by atoms with Crippen LogP contribution in [0.15, 0.2) is 36.5 Å². The molecule has 0 aliphatic carbocycles. The average Bonchev–Trinajstić information content (AvgIpc) is 3.19. The number of carbonyl (C=O) groups is 3. The normalized spacial score (nSPS) is 12.3. The molecule has 0 rings (SSSR count). The molecule has 56 heavy (non-hydrogen) atoms. The first kappa shape index (κ1) is 53.6. The number of rotatable bonds is 43. The minimum Gasteiger partial charge on any atom is -0.462 e. The zero-order valence-corrected chi connectivity index (χ0v) is 37.2. The monoisotopic (exact) mass is 787 g/mol. The largest absolute Gasteiger partial charge is 0.462 e. The Morgan fingerprint density at radius 3 is 1.07 bits per heavy atom. The first-order chi connectivity index (χ1) is 27.5. The second-order valence-corrected chi connectivity index (χ2v) is 16.0. The van der Waals surface area contributed by atoms with Crippen molar-refractivity contribution < 1.29 is 28.6 Å². The highest BCUT2D eigenvalue weighted by Crippen LogP contribution is 2.14. The molecule has 0 saturated carbocycles. The van der Waals surface area contributed by atoms with Crippen LogP contribution in [0.25, 0.3) is 0 Å². The van der Waals surface area contributed by atoms with Crippen molar-refractivity contribution in [2.45, 2.75) is 252 Å². The Bertz CT molecular complexity index is 953. The fourth-order valence-corrected chi connectivity index (χ4v) is 6.71. The molecule has 0 fully saturated rings. The second kappa shape index (κ2) is 45.3. The molecule has 0 amide bonds. The van der Waals surface area contributed by atoms with Crippen LogP contribution in [0, 0.1) is 0 Å². The Morgan fingerprint density at radius 1 is 0.357 bits per heavy atom. The van der Waals surface area contributed by atoms with Gasteiger partial charge < -0.3 is 14.2 Å². The van der Waals surface area contributed by atoms with Gasteiger partial charge in [0.25, 0.3) is 0 Å². The van der Waals surface area contributed by atoms with Gasteiger partial charge in [0.05, 0.1) is 0 Å². The van der Waals surface area contributed by atoms with Crippen LogP contribution >= 0.6 is 0 Å². The number of hydrogen-bond donors (Lipinski definition) is 0. The van der Waals surface area contributed by atoms with E-state index in [1.165, 1.54) is 109 Å². The van der Waals surface area contributed by atoms with E-state index in [1.54, 1.807) is 0 Å². The van der Waals surface area contributed by atoms with Gasteiger partial charge in [-0.25, -0.2) is 0 Å². The summed E-state index contributed by atoms with van der Waals surface area (Å²) < 4.78 is 16.7. The third-order valence-corrected chi connectivity index (χ3v) is 10.3. The van der Waals surface area contributed by atoms with E-state index in [-0.39, 0.29) is 31.1 Å². The Balaban J connectivity index is 4.39. The van der Waals surface area contributed by atoms with Crippen LogP contribution in [0.1, 0.15) is 245 Å². The van der Waals surface area contributed by atoms with Gasteiger partial charge in [-0.3, -0.25) is 14.4 Å². The lowest BCUT2D eigenvalue weighted by Crippen LogP contribution is -2.30. The maximum Gasteiger partial charge on any atom is 0.306 e. The van der Waals surface area contributed by atoms with Crippen LogP contribution in [-0.4, -0.2) is 37.2 Å². The van der Waals surface area contributed by atoms with Crippen LogP contribution in [-0.2, 0) is 28.6 Å². The molecule has 0 N–H and O–H groups in total. The van der Waals surface area contributed by atoms with E-state index in [4.69, 9.17) is 14.2 Å². The fourth-order valence-electron chi connectivity index (χ4n) is 6.71. The summed E-state index contributed by atoms with van der Waals surface area (Å²) >= 11 is 0. The smallest absolute Gasteiger partial charge is 0.306 e. The van der Waals surface area contributed by atoms with Gasteiger partial charge in [0.1, 0.15) is 13.2 Å². The highest BCUT2D eigenvalue weighted by molar-refractivity contribution is 5.71. The fraction of sp³-hybridized carbons (Fsp3) is 0.820. The van der Waals surface area contributed by atoms with Crippen LogP contribution in [0.5, 0.6) is 0 Å². The third-order valence-electron chi connectivity index (χ3n) is 10.3. The van der Waals surface area contributed by atoms with Crippen LogP contribution in [0.2, 0.25) is 0 Å². The molecule has 326 valence electrons. The Hall–Kier alpha value is -2.37. The first-order valence-electron chi connectivity index (χ1n) is 24.0. The third kappa shape index (κ3) is 42.8. The van der Waals surface area contributed by atoms with E-state index in [2.05, 4.69) is 57.2 Å². The summed E-state index contributed by atoms with van der Waals surface area (Å²) in [5, 5.41) is 0. The maximum atomic E-state index is 12.7. The minimum atomic E-state index is -0.777. The molecule has 6 heteroatoms. The second-order valence-electron chi connectivity index (χ2n) is 16.0. The van der Waals surface area contributed by atoms with E-state index < -0.39 is 6.10 Å². The summed E-state index contributed by atoms with van der Waals surface area (Å²) in [6.45, 7) is 6.54. The maximum absolute atomic E-state index is 12.7. The zero-order valence-electron chi connectivity index (χ0n) is 37.2. The molecule has 0 radical (unpaired) electrons. The Morgan fingerprint density at radius 2 is 0.679 bits per heavy atom. The van der Waals surface area contributed by atoms with E-state index in [0.717, 1.165) is 96.3 Å². The van der Waals surface area contributed by atoms with Gasteiger partial charge >= 0.3 is 17.9 Å². The molecule has 0 aromatic rings. The van der Waals surface area contributed by atoms with Crippen molar-refractivity contribution in [1.82, 2.24) is 0 Å². The predicted octanol–water partition coefficient (Wildman–Crippen LogP) is 15.4. The SMILES string of the molecule is CCC/C=C\C/C=C\CCCCCCCC(=O)OC(COC(=O)CCCCCCC/C=C\CCCCCCC)COC(=O)CCCCCCCCCCCCC. The molecule has 0 aliphatic heterocycles. The lowest BCUT2D eigenvalue weighted by atomic mass is 10.1. The minimum absolute atomic E-state index is 0.0783. The van der Waals surface area contributed by atoms with Crippen LogP contribution in [0.3, 0.4) is 0 Å². The van der Waals surface area contributed by atoms with Gasteiger partial charge in [-0.2, -0.15) is 0 Å². The molecule has 1 atom stereocenters. The van der Waals surface area contributed by atoms with E-state index in [9.17, 15) is 14.4 Å². The van der Waals surface area contributed by atoms with Crippen molar-refractivity contribution in [2.24, 2.45) is 0 Å². The number of hydrogen-bond acceptors (Lipinski definition) is 6.